The average Bonchev–Trinajstić information content (AvgIpc) is 2.63. The van der Waals surface area contributed by atoms with Crippen LogP contribution in [0.2, 0.25) is 0 Å². The van der Waals surface area contributed by atoms with E-state index in [0.717, 1.165) is 33.8 Å². The molecule has 0 spiro atoms. The van der Waals surface area contributed by atoms with Gasteiger partial charge in [-0.25, -0.2) is 0 Å². The zero-order chi connectivity index (χ0) is 21.2. The summed E-state index contributed by atoms with van der Waals surface area (Å²) in [7, 11) is 0. The highest BCUT2D eigenvalue weighted by atomic mass is 16.5. The summed E-state index contributed by atoms with van der Waals surface area (Å²) in [6.07, 6.45) is 0.141. The summed E-state index contributed by atoms with van der Waals surface area (Å²) in [5.41, 5.74) is 4.60. The lowest BCUT2D eigenvalue weighted by atomic mass is 10.1. The lowest BCUT2D eigenvalue weighted by molar-refractivity contribution is 0.0941. The first-order valence-electron chi connectivity index (χ1n) is 10.3. The molecule has 2 aromatic carbocycles. The minimum absolute atomic E-state index is 0.275. The maximum absolute atomic E-state index is 10.1. The fourth-order valence-electron chi connectivity index (χ4n) is 3.25. The number of hydrogen-bond acceptors (Lipinski definition) is 5. The molecule has 0 amide bonds. The summed E-state index contributed by atoms with van der Waals surface area (Å²) < 4.78 is 11.4. The second-order valence-corrected chi connectivity index (χ2v) is 7.90. The third kappa shape index (κ3) is 9.31. The van der Waals surface area contributed by atoms with Crippen LogP contribution in [0.4, 0.5) is 0 Å². The van der Waals surface area contributed by atoms with Crippen LogP contribution >= 0.6 is 0 Å². The van der Waals surface area contributed by atoms with Gasteiger partial charge >= 0.3 is 0 Å². The Labute approximate surface area is 174 Å². The van der Waals surface area contributed by atoms with E-state index in [9.17, 15) is 10.2 Å². The van der Waals surface area contributed by atoms with Crippen molar-refractivity contribution in [2.45, 2.75) is 52.7 Å². The summed E-state index contributed by atoms with van der Waals surface area (Å²) in [6, 6.07) is 12.1. The van der Waals surface area contributed by atoms with Crippen molar-refractivity contribution in [2.75, 3.05) is 26.3 Å². The monoisotopic (exact) mass is 401 g/mol. The van der Waals surface area contributed by atoms with Crippen LogP contribution in [0.3, 0.4) is 0 Å². The summed E-state index contributed by atoms with van der Waals surface area (Å²) >= 11 is 0. The summed E-state index contributed by atoms with van der Waals surface area (Å²) in [5, 5.41) is 23.4. The fraction of sp³-hybridized carbons (Fsp3) is 0.500. The summed E-state index contributed by atoms with van der Waals surface area (Å²) in [4.78, 5) is 0. The van der Waals surface area contributed by atoms with Crippen molar-refractivity contribution in [2.24, 2.45) is 0 Å². The highest BCUT2D eigenvalue weighted by Gasteiger charge is 2.08. The smallest absolute Gasteiger partial charge is 0.119 e. The van der Waals surface area contributed by atoms with E-state index >= 15 is 0 Å². The molecule has 5 nitrogen and oxygen atoms in total. The van der Waals surface area contributed by atoms with Gasteiger partial charge in [-0.1, -0.05) is 12.1 Å². The predicted molar refractivity (Wildman–Crippen MR) is 117 cm³/mol. The van der Waals surface area contributed by atoms with Gasteiger partial charge in [0.1, 0.15) is 24.7 Å². The Kier molecular flexibility index (Phi) is 9.45. The molecule has 29 heavy (non-hydrogen) atoms. The molecule has 2 aromatic rings. The van der Waals surface area contributed by atoms with Crippen molar-refractivity contribution in [3.05, 3.63) is 58.7 Å². The molecular weight excluding hydrogens is 366 g/mol. The molecule has 3 N–H and O–H groups in total. The van der Waals surface area contributed by atoms with Crippen LogP contribution in [0.5, 0.6) is 11.5 Å². The number of ether oxygens (including phenoxy) is 2. The van der Waals surface area contributed by atoms with Crippen molar-refractivity contribution in [3.63, 3.8) is 0 Å². The van der Waals surface area contributed by atoms with Gasteiger partial charge in [0.15, 0.2) is 0 Å². The number of hydrogen-bond donors (Lipinski definition) is 3. The minimum Gasteiger partial charge on any atom is -0.491 e. The van der Waals surface area contributed by atoms with Gasteiger partial charge in [0.25, 0.3) is 0 Å². The first-order valence-corrected chi connectivity index (χ1v) is 10.3. The molecule has 0 aliphatic rings. The van der Waals surface area contributed by atoms with Gasteiger partial charge in [0, 0.05) is 0 Å². The van der Waals surface area contributed by atoms with E-state index in [1.54, 1.807) is 0 Å². The normalized spacial score (nSPS) is 13.2. The quantitative estimate of drug-likeness (QED) is 0.475. The number of nitrogens with one attached hydrogen (secondary N) is 1. The van der Waals surface area contributed by atoms with E-state index < -0.39 is 12.2 Å². The van der Waals surface area contributed by atoms with Gasteiger partial charge in [-0.3, -0.25) is 0 Å². The molecule has 160 valence electrons. The first kappa shape index (κ1) is 23.2. The lowest BCUT2D eigenvalue weighted by Gasteiger charge is -2.15. The molecule has 0 unspecified atom stereocenters. The molecule has 0 bridgehead atoms. The SMILES string of the molecule is Cc1cc(C)cc(OC[C@H](O)CCNCC[C@@H](O)COc2cc(C)cc(C)c2)c1. The van der Waals surface area contributed by atoms with Gasteiger partial charge in [0.05, 0.1) is 12.2 Å². The molecule has 0 heterocycles. The summed E-state index contributed by atoms with van der Waals surface area (Å²) in [6.45, 7) is 10.0. The van der Waals surface area contributed by atoms with Crippen molar-refractivity contribution in [1.29, 1.82) is 0 Å². The van der Waals surface area contributed by atoms with E-state index in [4.69, 9.17) is 9.47 Å². The van der Waals surface area contributed by atoms with Crippen LogP contribution < -0.4 is 14.8 Å². The van der Waals surface area contributed by atoms with Crippen molar-refractivity contribution in [3.8, 4) is 11.5 Å². The second-order valence-electron chi connectivity index (χ2n) is 7.90. The van der Waals surface area contributed by atoms with E-state index in [-0.39, 0.29) is 13.2 Å². The van der Waals surface area contributed by atoms with E-state index in [1.807, 2.05) is 52.0 Å². The lowest BCUT2D eigenvalue weighted by Crippen LogP contribution is -2.28. The maximum Gasteiger partial charge on any atom is 0.119 e. The number of aliphatic hydroxyl groups is 2. The van der Waals surface area contributed by atoms with Gasteiger partial charge in [-0.05, 0) is 100 Å². The van der Waals surface area contributed by atoms with E-state index in [0.29, 0.717) is 25.9 Å². The fourth-order valence-corrected chi connectivity index (χ4v) is 3.25. The molecule has 0 radical (unpaired) electrons. The number of aliphatic hydroxyl groups excluding tert-OH is 2. The van der Waals surface area contributed by atoms with Crippen LogP contribution in [0.1, 0.15) is 35.1 Å². The van der Waals surface area contributed by atoms with Crippen molar-refractivity contribution >= 4 is 0 Å². The molecule has 0 fully saturated rings. The van der Waals surface area contributed by atoms with Gasteiger partial charge in [-0.2, -0.15) is 0 Å². The van der Waals surface area contributed by atoms with E-state index in [1.165, 1.54) is 0 Å². The Balaban J connectivity index is 1.55. The predicted octanol–water partition coefficient (Wildman–Crippen LogP) is 3.47. The molecule has 0 aromatic heterocycles. The Bertz CT molecular complexity index is 659. The van der Waals surface area contributed by atoms with Gasteiger partial charge in [-0.15, -0.1) is 0 Å². The maximum atomic E-state index is 10.1. The average molecular weight is 402 g/mol. The van der Waals surface area contributed by atoms with Crippen LogP contribution in [0.25, 0.3) is 0 Å². The third-order valence-electron chi connectivity index (χ3n) is 4.58. The molecule has 0 saturated heterocycles. The second kappa shape index (κ2) is 11.8. The van der Waals surface area contributed by atoms with E-state index in [2.05, 4.69) is 17.4 Å². The Morgan fingerprint density at radius 2 is 1.00 bits per heavy atom. The van der Waals surface area contributed by atoms with Crippen LogP contribution in [-0.4, -0.2) is 48.7 Å². The van der Waals surface area contributed by atoms with Gasteiger partial charge < -0.3 is 25.0 Å². The molecule has 0 aliphatic heterocycles. The van der Waals surface area contributed by atoms with Crippen LogP contribution in [0, 0.1) is 27.7 Å². The minimum atomic E-state index is -0.527. The standard InChI is InChI=1S/C24H35NO4/c1-17-9-18(2)12-23(11-17)28-15-21(26)5-7-25-8-6-22(27)16-29-24-13-19(3)10-20(4)14-24/h9-14,21-22,25-27H,5-8,15-16H2,1-4H3/t21-,22-/m1/s1. The Morgan fingerprint density at radius 1 is 0.655 bits per heavy atom. The zero-order valence-electron chi connectivity index (χ0n) is 18.1. The van der Waals surface area contributed by atoms with Crippen molar-refractivity contribution in [1.82, 2.24) is 5.32 Å². The van der Waals surface area contributed by atoms with Crippen LogP contribution in [-0.2, 0) is 0 Å². The molecule has 0 saturated carbocycles. The number of benzene rings is 2. The van der Waals surface area contributed by atoms with Gasteiger partial charge in [0.2, 0.25) is 0 Å². The van der Waals surface area contributed by atoms with Crippen molar-refractivity contribution < 1.29 is 19.7 Å². The first-order chi connectivity index (χ1) is 13.8. The summed E-state index contributed by atoms with van der Waals surface area (Å²) in [5.74, 6) is 1.59. The zero-order valence-corrected chi connectivity index (χ0v) is 18.1. The van der Waals surface area contributed by atoms with Crippen LogP contribution in [0.15, 0.2) is 36.4 Å². The Morgan fingerprint density at radius 3 is 1.34 bits per heavy atom. The molecular formula is C24H35NO4. The topological polar surface area (TPSA) is 71.0 Å². The third-order valence-corrected chi connectivity index (χ3v) is 4.58. The highest BCUT2D eigenvalue weighted by Crippen LogP contribution is 2.17. The number of aryl methyl sites for hydroxylation is 4. The molecule has 2 rings (SSSR count). The number of rotatable bonds is 12. The molecule has 0 aliphatic carbocycles. The Hall–Kier alpha value is -2.08. The largest absolute Gasteiger partial charge is 0.491 e. The molecule has 5 heteroatoms. The highest BCUT2D eigenvalue weighted by molar-refractivity contribution is 5.33. The molecule has 2 atom stereocenters.